The molecule has 0 saturated heterocycles. The lowest BCUT2D eigenvalue weighted by Crippen LogP contribution is -2.65. The quantitative estimate of drug-likeness (QED) is 0.242. The maximum Gasteiger partial charge on any atom is 0.206 e. The molecule has 4 fully saturated rings. The Balaban J connectivity index is 1.63. The molecule has 0 aromatic heterocycles. The summed E-state index contributed by atoms with van der Waals surface area (Å²) in [4.78, 5) is 0. The molecular weight excluding hydrogens is 356 g/mol. The van der Waals surface area contributed by atoms with Gasteiger partial charge in [0.25, 0.3) is 0 Å². The highest BCUT2D eigenvalue weighted by molar-refractivity contribution is 5.77. The van der Waals surface area contributed by atoms with Crippen LogP contribution in [0.5, 0.6) is 0 Å². The van der Waals surface area contributed by atoms with E-state index >= 15 is 0 Å². The van der Waals surface area contributed by atoms with Gasteiger partial charge in [0.1, 0.15) is 5.60 Å². The Hall–Kier alpha value is -1.18. The maximum atomic E-state index is 12.0. The third kappa shape index (κ3) is 2.58. The molecule has 0 amide bonds. The van der Waals surface area contributed by atoms with Gasteiger partial charge in [-0.15, -0.1) is 0 Å². The summed E-state index contributed by atoms with van der Waals surface area (Å²) in [5, 5.41) is 44.8. The first-order valence-electron chi connectivity index (χ1n) is 10.8. The van der Waals surface area contributed by atoms with Gasteiger partial charge in [-0.3, -0.25) is 5.41 Å². The van der Waals surface area contributed by atoms with E-state index in [4.69, 9.17) is 11.1 Å². The minimum absolute atomic E-state index is 0.171. The fourth-order valence-electron chi connectivity index (χ4n) is 7.67. The van der Waals surface area contributed by atoms with Crippen LogP contribution in [0.3, 0.4) is 0 Å². The van der Waals surface area contributed by atoms with Crippen molar-refractivity contribution in [2.45, 2.75) is 88.9 Å². The minimum Gasteiger partial charge on any atom is -0.393 e. The highest BCUT2D eigenvalue weighted by atomic mass is 16.3. The molecule has 0 spiro atoms. The van der Waals surface area contributed by atoms with Gasteiger partial charge in [-0.25, -0.2) is 5.43 Å². The first kappa shape index (κ1) is 20.1. The van der Waals surface area contributed by atoms with Crippen LogP contribution in [-0.4, -0.2) is 44.8 Å². The Morgan fingerprint density at radius 2 is 1.82 bits per heavy atom. The second-order valence-electron chi connectivity index (χ2n) is 10.4. The molecule has 7 heteroatoms. The Morgan fingerprint density at radius 1 is 1.07 bits per heavy atom. The van der Waals surface area contributed by atoms with Gasteiger partial charge in [-0.1, -0.05) is 13.8 Å². The lowest BCUT2D eigenvalue weighted by atomic mass is 9.43. The van der Waals surface area contributed by atoms with E-state index in [1.165, 1.54) is 6.21 Å². The number of nitrogens with two attached hydrogens (primary N) is 1. The number of aliphatic hydroxyl groups is 3. The SMILES string of the molecule is C[C@]12CCC(O)CC1CC[C@@H]1[C@H]2CC[C@]2(C)C(O)(/C=N/NC(=N)N)CC[C@@]12O. The normalized spacial score (nSPS) is 53.3. The van der Waals surface area contributed by atoms with Gasteiger partial charge in [0, 0.05) is 5.41 Å². The number of nitrogens with zero attached hydrogens (tertiary/aromatic N) is 1. The zero-order valence-corrected chi connectivity index (χ0v) is 17.1. The third-order valence-electron chi connectivity index (χ3n) is 9.49. The summed E-state index contributed by atoms with van der Waals surface area (Å²) in [7, 11) is 0. The average molecular weight is 393 g/mol. The van der Waals surface area contributed by atoms with E-state index in [0.717, 1.165) is 44.9 Å². The maximum absolute atomic E-state index is 12.0. The number of fused-ring (bicyclic) bond motifs is 5. The van der Waals surface area contributed by atoms with Gasteiger partial charge in [0.2, 0.25) is 5.96 Å². The molecule has 0 bridgehead atoms. The summed E-state index contributed by atoms with van der Waals surface area (Å²) in [6.45, 7) is 4.39. The molecule has 0 aliphatic heterocycles. The van der Waals surface area contributed by atoms with Gasteiger partial charge >= 0.3 is 0 Å². The molecule has 0 aromatic rings. The molecule has 7 N–H and O–H groups in total. The number of hydrogen-bond donors (Lipinski definition) is 6. The first-order chi connectivity index (χ1) is 13.1. The molecular formula is C21H36N4O3. The van der Waals surface area contributed by atoms with Crippen LogP contribution in [0.15, 0.2) is 5.10 Å². The molecule has 7 nitrogen and oxygen atoms in total. The Labute approximate surface area is 167 Å². The van der Waals surface area contributed by atoms with Crippen molar-refractivity contribution in [3.8, 4) is 0 Å². The molecule has 0 radical (unpaired) electrons. The fraction of sp³-hybridized carbons (Fsp3) is 0.905. The van der Waals surface area contributed by atoms with E-state index in [9.17, 15) is 15.3 Å². The number of aliphatic hydroxyl groups excluding tert-OH is 1. The van der Waals surface area contributed by atoms with E-state index in [1.807, 2.05) is 6.92 Å². The molecule has 4 saturated carbocycles. The van der Waals surface area contributed by atoms with Crippen LogP contribution in [0.2, 0.25) is 0 Å². The van der Waals surface area contributed by atoms with Crippen molar-refractivity contribution < 1.29 is 15.3 Å². The van der Waals surface area contributed by atoms with Crippen LogP contribution in [0.25, 0.3) is 0 Å². The standard InChI is InChI=1S/C21H36N4O3/c1-18-7-5-14(26)11-13(18)3-4-16-15(18)6-8-19(2)20(27,9-10-21(16,19)28)12-24-25-17(22)23/h12-16,26-28H,3-11H2,1-2H3,(H4,22,23,25)/b24-12+/t13?,14?,15-,16-,18+,19-,20?,21-/m1/s1. The van der Waals surface area contributed by atoms with E-state index in [1.54, 1.807) is 0 Å². The van der Waals surface area contributed by atoms with Crippen molar-refractivity contribution in [1.82, 2.24) is 5.43 Å². The van der Waals surface area contributed by atoms with Crippen molar-refractivity contribution >= 4 is 12.2 Å². The highest BCUT2D eigenvalue weighted by Gasteiger charge is 2.71. The van der Waals surface area contributed by atoms with Crippen LogP contribution in [0.1, 0.15) is 71.6 Å². The van der Waals surface area contributed by atoms with Crippen LogP contribution in [-0.2, 0) is 0 Å². The van der Waals surface area contributed by atoms with Gasteiger partial charge < -0.3 is 21.1 Å². The number of guanidine groups is 1. The monoisotopic (exact) mass is 392 g/mol. The second kappa shape index (κ2) is 6.41. The van der Waals surface area contributed by atoms with Crippen LogP contribution in [0, 0.1) is 34.0 Å². The third-order valence-corrected chi connectivity index (χ3v) is 9.49. The summed E-state index contributed by atoms with van der Waals surface area (Å²) in [5.41, 5.74) is 5.06. The average Bonchev–Trinajstić information content (AvgIpc) is 2.83. The molecule has 4 aliphatic carbocycles. The van der Waals surface area contributed by atoms with Crippen molar-refractivity contribution in [1.29, 1.82) is 5.41 Å². The summed E-state index contributed by atoms with van der Waals surface area (Å²) in [6.07, 6.45) is 8.84. The van der Waals surface area contributed by atoms with Crippen molar-refractivity contribution in [2.75, 3.05) is 0 Å². The molecule has 0 heterocycles. The topological polar surface area (TPSA) is 135 Å². The molecule has 4 rings (SSSR count). The number of rotatable bonds is 2. The van der Waals surface area contributed by atoms with Crippen LogP contribution >= 0.6 is 0 Å². The van der Waals surface area contributed by atoms with E-state index in [0.29, 0.717) is 24.7 Å². The highest BCUT2D eigenvalue weighted by Crippen LogP contribution is 2.69. The van der Waals surface area contributed by atoms with E-state index in [-0.39, 0.29) is 23.4 Å². The summed E-state index contributed by atoms with van der Waals surface area (Å²) in [5.74, 6) is 0.872. The molecule has 8 atom stereocenters. The Bertz CT molecular complexity index is 687. The van der Waals surface area contributed by atoms with Gasteiger partial charge in [0.05, 0.1) is 17.9 Å². The van der Waals surface area contributed by atoms with Gasteiger partial charge in [0.15, 0.2) is 0 Å². The number of hydrogen-bond acceptors (Lipinski definition) is 5. The second-order valence-corrected chi connectivity index (χ2v) is 10.4. The lowest BCUT2D eigenvalue weighted by Gasteiger charge is -2.64. The van der Waals surface area contributed by atoms with Crippen molar-refractivity contribution in [3.05, 3.63) is 0 Å². The van der Waals surface area contributed by atoms with E-state index in [2.05, 4.69) is 17.5 Å². The fourth-order valence-corrected chi connectivity index (χ4v) is 7.67. The zero-order chi connectivity index (χ0) is 20.4. The largest absolute Gasteiger partial charge is 0.393 e. The summed E-state index contributed by atoms with van der Waals surface area (Å²) >= 11 is 0. The Morgan fingerprint density at radius 3 is 2.54 bits per heavy atom. The smallest absolute Gasteiger partial charge is 0.206 e. The van der Waals surface area contributed by atoms with Gasteiger partial charge in [-0.05, 0) is 81.0 Å². The first-order valence-corrected chi connectivity index (χ1v) is 10.8. The van der Waals surface area contributed by atoms with Crippen molar-refractivity contribution in [3.63, 3.8) is 0 Å². The minimum atomic E-state index is -1.21. The predicted octanol–water partition coefficient (Wildman–Crippen LogP) is 1.70. The number of nitrogens with one attached hydrogen (secondary N) is 2. The molecule has 0 aromatic carbocycles. The van der Waals surface area contributed by atoms with E-state index < -0.39 is 16.6 Å². The lowest BCUT2D eigenvalue weighted by molar-refractivity contribution is -0.223. The molecule has 3 unspecified atom stereocenters. The predicted molar refractivity (Wildman–Crippen MR) is 108 cm³/mol. The summed E-state index contributed by atoms with van der Waals surface area (Å²) in [6, 6.07) is 0. The van der Waals surface area contributed by atoms with Gasteiger partial charge in [-0.2, -0.15) is 5.10 Å². The number of hydrazone groups is 1. The van der Waals surface area contributed by atoms with Crippen LogP contribution in [0.4, 0.5) is 0 Å². The molecule has 28 heavy (non-hydrogen) atoms. The zero-order valence-electron chi connectivity index (χ0n) is 17.1. The molecule has 4 aliphatic rings. The molecule has 158 valence electrons. The van der Waals surface area contributed by atoms with Crippen LogP contribution < -0.4 is 11.2 Å². The Kier molecular flexibility index (Phi) is 4.60. The van der Waals surface area contributed by atoms with Crippen molar-refractivity contribution in [2.24, 2.45) is 39.4 Å². The summed E-state index contributed by atoms with van der Waals surface area (Å²) < 4.78 is 0.